The molecule has 0 aromatic carbocycles. The minimum atomic E-state index is -0.699. The minimum Gasteiger partial charge on any atom is -0.384 e. The Morgan fingerprint density at radius 3 is 2.62 bits per heavy atom. The van der Waals surface area contributed by atoms with Crippen LogP contribution in [0.3, 0.4) is 0 Å². The molecule has 4 N–H and O–H groups in total. The average molecular weight is 420 g/mol. The number of thiophene rings is 1. The summed E-state index contributed by atoms with van der Waals surface area (Å²) < 4.78 is 2.27. The van der Waals surface area contributed by atoms with Crippen LogP contribution in [0.5, 0.6) is 0 Å². The van der Waals surface area contributed by atoms with Gasteiger partial charge in [-0.2, -0.15) is 0 Å². The number of piperidine rings is 1. The standard InChI is InChI=1S/C19H25N5O4S/c1-2-23-18(27)15(14(25)11-22-8-4-3-7-13(22)17(21)26)16(20)24(19(23)28)10-12-6-5-9-29-12/h5-6,9,13H,2-4,7-8,10-11,20H2,1H3,(H2,21,26). The maximum absolute atomic E-state index is 13.1. The van der Waals surface area contributed by atoms with Crippen molar-refractivity contribution in [3.63, 3.8) is 0 Å². The summed E-state index contributed by atoms with van der Waals surface area (Å²) in [5.41, 5.74) is 10.2. The number of Topliss-reactive ketones (excluding diaryl/α,β-unsaturated/α-hetero) is 1. The van der Waals surface area contributed by atoms with E-state index in [9.17, 15) is 19.2 Å². The Morgan fingerprint density at radius 1 is 1.24 bits per heavy atom. The number of primary amides is 1. The number of aromatic nitrogens is 2. The first-order valence-electron chi connectivity index (χ1n) is 9.57. The summed E-state index contributed by atoms with van der Waals surface area (Å²) in [6.45, 7) is 2.35. The molecule has 10 heteroatoms. The van der Waals surface area contributed by atoms with Crippen LogP contribution in [0.2, 0.25) is 0 Å². The third-order valence-corrected chi connectivity index (χ3v) is 6.11. The Balaban J connectivity index is 2.01. The van der Waals surface area contributed by atoms with E-state index in [1.807, 2.05) is 17.5 Å². The van der Waals surface area contributed by atoms with Crippen molar-refractivity contribution in [2.24, 2.45) is 5.73 Å². The SMILES string of the molecule is CCn1c(=O)c(C(=O)CN2CCCCC2C(N)=O)c(N)n(Cc2cccs2)c1=O. The van der Waals surface area contributed by atoms with E-state index < -0.39 is 29.0 Å². The highest BCUT2D eigenvalue weighted by molar-refractivity contribution is 7.09. The molecule has 0 spiro atoms. The number of carbonyl (C=O) groups excluding carboxylic acids is 2. The quantitative estimate of drug-likeness (QED) is 0.618. The summed E-state index contributed by atoms with van der Waals surface area (Å²) >= 11 is 1.45. The number of hydrogen-bond donors (Lipinski definition) is 2. The zero-order valence-corrected chi connectivity index (χ0v) is 17.1. The van der Waals surface area contributed by atoms with Crippen LogP contribution >= 0.6 is 11.3 Å². The van der Waals surface area contributed by atoms with E-state index in [4.69, 9.17) is 11.5 Å². The lowest BCUT2D eigenvalue weighted by Crippen LogP contribution is -2.51. The van der Waals surface area contributed by atoms with Crippen LogP contribution in [-0.4, -0.2) is 44.9 Å². The second kappa shape index (κ2) is 8.75. The highest BCUT2D eigenvalue weighted by Gasteiger charge is 2.31. The van der Waals surface area contributed by atoms with Gasteiger partial charge in [-0.3, -0.25) is 28.4 Å². The molecule has 2 aromatic heterocycles. The number of anilines is 1. The largest absolute Gasteiger partial charge is 0.384 e. The Kier molecular flexibility index (Phi) is 6.33. The van der Waals surface area contributed by atoms with E-state index in [0.29, 0.717) is 13.0 Å². The highest BCUT2D eigenvalue weighted by Crippen LogP contribution is 2.18. The van der Waals surface area contributed by atoms with Crippen molar-refractivity contribution >= 4 is 28.8 Å². The van der Waals surface area contributed by atoms with Crippen molar-refractivity contribution in [3.8, 4) is 0 Å². The van der Waals surface area contributed by atoms with E-state index in [1.54, 1.807) is 11.8 Å². The predicted molar refractivity (Wildman–Crippen MR) is 111 cm³/mol. The third-order valence-electron chi connectivity index (χ3n) is 5.25. The number of hydrogen-bond acceptors (Lipinski definition) is 7. The van der Waals surface area contributed by atoms with Gasteiger partial charge in [0.15, 0.2) is 5.78 Å². The Labute approximate surface area is 171 Å². The predicted octanol–water partition coefficient (Wildman–Crippen LogP) is 0.244. The lowest BCUT2D eigenvalue weighted by Gasteiger charge is -2.33. The fourth-order valence-electron chi connectivity index (χ4n) is 3.73. The number of amides is 1. The smallest absolute Gasteiger partial charge is 0.332 e. The fourth-order valence-corrected chi connectivity index (χ4v) is 4.43. The molecule has 1 amide bonds. The van der Waals surface area contributed by atoms with Gasteiger partial charge in [-0.1, -0.05) is 12.5 Å². The molecule has 1 unspecified atom stereocenters. The topological polar surface area (TPSA) is 133 Å². The number of likely N-dealkylation sites (tertiary alicyclic amines) is 1. The molecule has 1 aliphatic heterocycles. The zero-order chi connectivity index (χ0) is 21.1. The molecule has 2 aromatic rings. The highest BCUT2D eigenvalue weighted by atomic mass is 32.1. The normalized spacial score (nSPS) is 17.3. The van der Waals surface area contributed by atoms with Crippen molar-refractivity contribution in [1.29, 1.82) is 0 Å². The zero-order valence-electron chi connectivity index (χ0n) is 16.3. The number of carbonyl (C=O) groups is 2. The minimum absolute atomic E-state index is 0.121. The van der Waals surface area contributed by atoms with Gasteiger partial charge in [0, 0.05) is 11.4 Å². The molecule has 1 saturated heterocycles. The number of ketones is 1. The van der Waals surface area contributed by atoms with Gasteiger partial charge < -0.3 is 11.5 Å². The average Bonchev–Trinajstić information content (AvgIpc) is 3.19. The van der Waals surface area contributed by atoms with E-state index >= 15 is 0 Å². The number of nitrogens with zero attached hydrogens (tertiary/aromatic N) is 3. The van der Waals surface area contributed by atoms with E-state index in [-0.39, 0.29) is 31.0 Å². The first-order chi connectivity index (χ1) is 13.8. The van der Waals surface area contributed by atoms with Crippen LogP contribution in [0.15, 0.2) is 27.1 Å². The summed E-state index contributed by atoms with van der Waals surface area (Å²) in [6.07, 6.45) is 2.27. The molecule has 0 radical (unpaired) electrons. The Bertz CT molecular complexity index is 1020. The number of nitrogen functional groups attached to an aromatic ring is 1. The molecule has 1 fully saturated rings. The maximum atomic E-state index is 13.1. The lowest BCUT2D eigenvalue weighted by atomic mass is 10.0. The molecule has 1 aliphatic rings. The van der Waals surface area contributed by atoms with Crippen LogP contribution < -0.4 is 22.7 Å². The molecule has 3 rings (SSSR count). The van der Waals surface area contributed by atoms with Crippen LogP contribution in [0.4, 0.5) is 5.82 Å². The number of nitrogens with two attached hydrogens (primary N) is 2. The summed E-state index contributed by atoms with van der Waals surface area (Å²) in [7, 11) is 0. The molecule has 0 saturated carbocycles. The van der Waals surface area contributed by atoms with E-state index in [2.05, 4.69) is 0 Å². The monoisotopic (exact) mass is 419 g/mol. The van der Waals surface area contributed by atoms with E-state index in [1.165, 1.54) is 15.9 Å². The molecule has 3 heterocycles. The first kappa shape index (κ1) is 21.0. The Morgan fingerprint density at radius 2 is 2.00 bits per heavy atom. The van der Waals surface area contributed by atoms with Crippen LogP contribution in [0.1, 0.15) is 41.4 Å². The molecule has 1 atom stereocenters. The van der Waals surface area contributed by atoms with Crippen molar-refractivity contribution in [1.82, 2.24) is 14.0 Å². The van der Waals surface area contributed by atoms with Gasteiger partial charge >= 0.3 is 5.69 Å². The van der Waals surface area contributed by atoms with Gasteiger partial charge in [-0.05, 0) is 37.8 Å². The molecule has 0 aliphatic carbocycles. The van der Waals surface area contributed by atoms with E-state index in [0.717, 1.165) is 22.3 Å². The summed E-state index contributed by atoms with van der Waals surface area (Å²) in [5, 5.41) is 1.87. The molecule has 29 heavy (non-hydrogen) atoms. The van der Waals surface area contributed by atoms with Gasteiger partial charge in [0.1, 0.15) is 11.4 Å². The lowest BCUT2D eigenvalue weighted by molar-refractivity contribution is -0.124. The van der Waals surface area contributed by atoms with Crippen LogP contribution in [0, 0.1) is 0 Å². The molecule has 0 bridgehead atoms. The van der Waals surface area contributed by atoms with Gasteiger partial charge in [-0.15, -0.1) is 11.3 Å². The van der Waals surface area contributed by atoms with Crippen molar-refractivity contribution in [3.05, 3.63) is 48.8 Å². The van der Waals surface area contributed by atoms with Gasteiger partial charge in [0.25, 0.3) is 5.56 Å². The molecule has 156 valence electrons. The number of rotatable bonds is 7. The molecular weight excluding hydrogens is 394 g/mol. The third kappa shape index (κ3) is 4.18. The van der Waals surface area contributed by atoms with Gasteiger partial charge in [0.2, 0.25) is 5.91 Å². The van der Waals surface area contributed by atoms with Crippen LogP contribution in [-0.2, 0) is 17.9 Å². The van der Waals surface area contributed by atoms with Crippen molar-refractivity contribution < 1.29 is 9.59 Å². The maximum Gasteiger partial charge on any atom is 0.332 e. The summed E-state index contributed by atoms with van der Waals surface area (Å²) in [4.78, 5) is 52.9. The second-order valence-corrected chi connectivity index (χ2v) is 8.10. The van der Waals surface area contributed by atoms with Gasteiger partial charge in [-0.25, -0.2) is 4.79 Å². The molecular formula is C19H25N5O4S. The molecule has 9 nitrogen and oxygen atoms in total. The fraction of sp³-hybridized carbons (Fsp3) is 0.474. The summed E-state index contributed by atoms with van der Waals surface area (Å²) in [6, 6.07) is 3.16. The van der Waals surface area contributed by atoms with Crippen LogP contribution in [0.25, 0.3) is 0 Å². The summed E-state index contributed by atoms with van der Waals surface area (Å²) in [5.74, 6) is -1.14. The van der Waals surface area contributed by atoms with Gasteiger partial charge in [0.05, 0.1) is 19.1 Å². The second-order valence-electron chi connectivity index (χ2n) is 7.07. The van der Waals surface area contributed by atoms with Crippen molar-refractivity contribution in [2.75, 3.05) is 18.8 Å². The first-order valence-corrected chi connectivity index (χ1v) is 10.4. The van der Waals surface area contributed by atoms with Crippen molar-refractivity contribution in [2.45, 2.75) is 45.3 Å². The Hall–Kier alpha value is -2.72.